The molecule has 0 atom stereocenters. The molecule has 0 radical (unpaired) electrons. The van der Waals surface area contributed by atoms with Gasteiger partial charge in [0.2, 0.25) is 0 Å². The van der Waals surface area contributed by atoms with E-state index in [1.807, 2.05) is 0 Å². The van der Waals surface area contributed by atoms with Crippen LogP contribution >= 0.6 is 0 Å². The molecule has 0 aliphatic heterocycles. The molecule has 0 aliphatic rings. The van der Waals surface area contributed by atoms with Crippen molar-refractivity contribution in [3.8, 4) is 12.3 Å². The van der Waals surface area contributed by atoms with E-state index in [0.717, 1.165) is 6.07 Å². The molecule has 1 aromatic rings. The van der Waals surface area contributed by atoms with Gasteiger partial charge in [0, 0.05) is 11.1 Å². The van der Waals surface area contributed by atoms with Crippen molar-refractivity contribution in [2.45, 2.75) is 6.42 Å². The van der Waals surface area contributed by atoms with Crippen LogP contribution in [-0.2, 0) is 6.42 Å². The molecule has 1 aromatic carbocycles. The zero-order chi connectivity index (χ0) is 9.84. The summed E-state index contributed by atoms with van der Waals surface area (Å²) in [5.74, 6) is 0.536. The molecule has 0 aromatic heterocycles. The normalized spacial score (nSPS) is 9.31. The Hall–Kier alpha value is -1.62. The Morgan fingerprint density at radius 3 is 2.69 bits per heavy atom. The van der Waals surface area contributed by atoms with Crippen molar-refractivity contribution in [2.75, 3.05) is 0 Å². The van der Waals surface area contributed by atoms with Gasteiger partial charge in [0.1, 0.15) is 0 Å². The van der Waals surface area contributed by atoms with Crippen LogP contribution in [0.4, 0.5) is 8.78 Å². The number of halogens is 2. The maximum absolute atomic E-state index is 13.1. The molecule has 66 valence electrons. The fourth-order valence-corrected chi connectivity index (χ4v) is 1.07. The Morgan fingerprint density at radius 2 is 2.15 bits per heavy atom. The van der Waals surface area contributed by atoms with Crippen molar-refractivity contribution in [1.29, 1.82) is 0 Å². The van der Waals surface area contributed by atoms with E-state index in [-0.39, 0.29) is 12.0 Å². The molecular formula is C11H8F2. The molecule has 0 nitrogen and oxygen atoms in total. The molecule has 0 saturated carbocycles. The molecule has 0 fully saturated rings. The topological polar surface area (TPSA) is 0 Å². The number of hydrogen-bond acceptors (Lipinski definition) is 0. The smallest absolute Gasteiger partial charge is 0.163 e. The first-order chi connectivity index (χ1) is 6.20. The first kappa shape index (κ1) is 9.47. The number of terminal acetylenes is 1. The maximum atomic E-state index is 13.1. The fraction of sp³-hybridized carbons (Fsp3) is 0.0909. The number of allylic oxidation sites excluding steroid dienone is 1. The van der Waals surface area contributed by atoms with Gasteiger partial charge in [0.25, 0.3) is 0 Å². The van der Waals surface area contributed by atoms with Crippen LogP contribution in [-0.4, -0.2) is 0 Å². The van der Waals surface area contributed by atoms with Crippen LogP contribution in [0.5, 0.6) is 0 Å². The minimum absolute atomic E-state index is 0.192. The van der Waals surface area contributed by atoms with E-state index in [0.29, 0.717) is 5.56 Å². The minimum atomic E-state index is -0.879. The van der Waals surface area contributed by atoms with E-state index < -0.39 is 11.6 Å². The lowest BCUT2D eigenvalue weighted by Crippen LogP contribution is -1.96. The Labute approximate surface area is 75.9 Å². The third kappa shape index (κ3) is 1.75. The summed E-state index contributed by atoms with van der Waals surface area (Å²) < 4.78 is 25.9. The lowest BCUT2D eigenvalue weighted by atomic mass is 10.0. The SMILES string of the molecule is C#Cc1ccc(F)c(F)c1CC=C. The maximum Gasteiger partial charge on any atom is 0.163 e. The largest absolute Gasteiger partial charge is 0.204 e. The van der Waals surface area contributed by atoms with Gasteiger partial charge >= 0.3 is 0 Å². The van der Waals surface area contributed by atoms with Crippen LogP contribution in [0.15, 0.2) is 24.8 Å². The zero-order valence-electron chi connectivity index (χ0n) is 6.98. The second kappa shape index (κ2) is 3.86. The Morgan fingerprint density at radius 1 is 1.46 bits per heavy atom. The van der Waals surface area contributed by atoms with Crippen LogP contribution in [0.1, 0.15) is 11.1 Å². The second-order valence-corrected chi connectivity index (χ2v) is 2.52. The Kier molecular flexibility index (Phi) is 2.81. The summed E-state index contributed by atoms with van der Waals surface area (Å²) in [6.07, 6.45) is 6.85. The van der Waals surface area contributed by atoms with Crippen LogP contribution < -0.4 is 0 Å². The fourth-order valence-electron chi connectivity index (χ4n) is 1.07. The molecule has 2 heteroatoms. The quantitative estimate of drug-likeness (QED) is 0.482. The van der Waals surface area contributed by atoms with Crippen molar-refractivity contribution in [3.63, 3.8) is 0 Å². The van der Waals surface area contributed by atoms with Crippen molar-refractivity contribution in [3.05, 3.63) is 47.5 Å². The highest BCUT2D eigenvalue weighted by Gasteiger charge is 2.10. The summed E-state index contributed by atoms with van der Waals surface area (Å²) in [5, 5.41) is 0. The van der Waals surface area contributed by atoms with Crippen molar-refractivity contribution in [2.24, 2.45) is 0 Å². The summed E-state index contributed by atoms with van der Waals surface area (Å²) in [5.41, 5.74) is 0.566. The molecule has 0 unspecified atom stereocenters. The Bertz CT molecular complexity index is 372. The summed E-state index contributed by atoms with van der Waals surface area (Å²) in [6.45, 7) is 3.44. The summed E-state index contributed by atoms with van der Waals surface area (Å²) in [7, 11) is 0. The third-order valence-electron chi connectivity index (χ3n) is 1.70. The van der Waals surface area contributed by atoms with E-state index in [1.54, 1.807) is 0 Å². The molecule has 13 heavy (non-hydrogen) atoms. The van der Waals surface area contributed by atoms with Crippen molar-refractivity contribution in [1.82, 2.24) is 0 Å². The standard InChI is InChI=1S/C11H8F2/c1-3-5-9-8(4-2)6-7-10(12)11(9)13/h2-3,6-7H,1,5H2. The molecule has 0 aliphatic carbocycles. The second-order valence-electron chi connectivity index (χ2n) is 2.52. The molecule has 0 saturated heterocycles. The molecule has 0 spiro atoms. The third-order valence-corrected chi connectivity index (χ3v) is 1.70. The average Bonchev–Trinajstić information content (AvgIpc) is 2.14. The molecule has 0 amide bonds. The molecular weight excluding hydrogens is 170 g/mol. The van der Waals surface area contributed by atoms with E-state index in [2.05, 4.69) is 12.5 Å². The van der Waals surface area contributed by atoms with Gasteiger partial charge in [-0.25, -0.2) is 8.78 Å². The van der Waals surface area contributed by atoms with Crippen molar-refractivity contribution < 1.29 is 8.78 Å². The predicted molar refractivity (Wildman–Crippen MR) is 48.2 cm³/mol. The first-order valence-electron chi connectivity index (χ1n) is 3.75. The van der Waals surface area contributed by atoms with Crippen LogP contribution in [0, 0.1) is 24.0 Å². The van der Waals surface area contributed by atoms with E-state index >= 15 is 0 Å². The van der Waals surface area contributed by atoms with Gasteiger partial charge in [-0.2, -0.15) is 0 Å². The van der Waals surface area contributed by atoms with Crippen molar-refractivity contribution >= 4 is 0 Å². The van der Waals surface area contributed by atoms with Crippen LogP contribution in [0.3, 0.4) is 0 Å². The number of benzene rings is 1. The lowest BCUT2D eigenvalue weighted by molar-refractivity contribution is 0.500. The lowest BCUT2D eigenvalue weighted by Gasteiger charge is -2.03. The molecule has 1 rings (SSSR count). The summed E-state index contributed by atoms with van der Waals surface area (Å²) in [6, 6.07) is 2.41. The van der Waals surface area contributed by atoms with Crippen LogP contribution in [0.25, 0.3) is 0 Å². The van der Waals surface area contributed by atoms with E-state index in [4.69, 9.17) is 6.42 Å². The molecule has 0 heterocycles. The first-order valence-corrected chi connectivity index (χ1v) is 3.75. The molecule has 0 bridgehead atoms. The monoisotopic (exact) mass is 178 g/mol. The highest BCUT2D eigenvalue weighted by Crippen LogP contribution is 2.16. The highest BCUT2D eigenvalue weighted by atomic mass is 19.2. The van der Waals surface area contributed by atoms with Gasteiger partial charge in [0.05, 0.1) is 0 Å². The number of hydrogen-bond donors (Lipinski definition) is 0. The summed E-state index contributed by atoms with van der Waals surface area (Å²) in [4.78, 5) is 0. The molecule has 0 N–H and O–H groups in total. The van der Waals surface area contributed by atoms with Gasteiger partial charge < -0.3 is 0 Å². The van der Waals surface area contributed by atoms with Gasteiger partial charge in [-0.3, -0.25) is 0 Å². The Balaban J connectivity index is 3.33. The minimum Gasteiger partial charge on any atom is -0.204 e. The highest BCUT2D eigenvalue weighted by molar-refractivity contribution is 5.41. The average molecular weight is 178 g/mol. The van der Waals surface area contributed by atoms with E-state index in [9.17, 15) is 8.78 Å². The number of rotatable bonds is 2. The summed E-state index contributed by atoms with van der Waals surface area (Å²) >= 11 is 0. The van der Waals surface area contributed by atoms with Gasteiger partial charge in [-0.05, 0) is 18.6 Å². The zero-order valence-corrected chi connectivity index (χ0v) is 6.98. The predicted octanol–water partition coefficient (Wildman–Crippen LogP) is 2.67. The van der Waals surface area contributed by atoms with Gasteiger partial charge in [-0.1, -0.05) is 12.0 Å². The van der Waals surface area contributed by atoms with Gasteiger partial charge in [-0.15, -0.1) is 13.0 Å². The van der Waals surface area contributed by atoms with Gasteiger partial charge in [0.15, 0.2) is 11.6 Å². The van der Waals surface area contributed by atoms with Crippen LogP contribution in [0.2, 0.25) is 0 Å². The van der Waals surface area contributed by atoms with E-state index in [1.165, 1.54) is 12.1 Å².